The molecule has 1 heterocycles. The highest BCUT2D eigenvalue weighted by molar-refractivity contribution is 8.00. The number of sulfonamides is 1. The molecule has 2 rings (SSSR count). The number of hydrogen-bond donors (Lipinski definition) is 1. The predicted octanol–water partition coefficient (Wildman–Crippen LogP) is 4.37. The summed E-state index contributed by atoms with van der Waals surface area (Å²) in [5.74, 6) is -0.246. The first-order valence-corrected chi connectivity index (χ1v) is 17.2. The summed E-state index contributed by atoms with van der Waals surface area (Å²) in [6.07, 6.45) is -0.381. The average molecular weight is 561 g/mol. The molecule has 2 N–H and O–H groups in total. The van der Waals surface area contributed by atoms with Gasteiger partial charge in [0, 0.05) is 23.1 Å². The lowest BCUT2D eigenvalue weighted by molar-refractivity contribution is -0.159. The Morgan fingerprint density at radius 3 is 2.25 bits per heavy atom. The molecule has 1 fully saturated rings. The molecule has 0 saturated carbocycles. The lowest BCUT2D eigenvalue weighted by Crippen LogP contribution is -2.55. The van der Waals surface area contributed by atoms with Crippen LogP contribution in [0.15, 0.2) is 34.1 Å². The van der Waals surface area contributed by atoms with E-state index >= 15 is 0 Å². The molecule has 204 valence electrons. The van der Waals surface area contributed by atoms with Crippen LogP contribution in [0, 0.1) is 0 Å². The Morgan fingerprint density at radius 2 is 1.75 bits per heavy atom. The van der Waals surface area contributed by atoms with Gasteiger partial charge in [0.2, 0.25) is 10.0 Å². The van der Waals surface area contributed by atoms with E-state index in [1.165, 1.54) is 29.8 Å². The number of esters is 1. The molecule has 1 saturated heterocycles. The summed E-state index contributed by atoms with van der Waals surface area (Å²) in [6.45, 7) is 15.6. The van der Waals surface area contributed by atoms with E-state index in [1.807, 2.05) is 13.1 Å². The number of hydrogen-bond acceptors (Lipinski definition) is 8. The number of likely N-dealkylation sites (tertiary alicyclic amines) is 1. The summed E-state index contributed by atoms with van der Waals surface area (Å²) in [7, 11) is -5.09. The van der Waals surface area contributed by atoms with Gasteiger partial charge in [-0.25, -0.2) is 23.1 Å². The zero-order valence-corrected chi connectivity index (χ0v) is 25.3. The Morgan fingerprint density at radius 1 is 1.17 bits per heavy atom. The number of thioether (sulfide) groups is 1. The van der Waals surface area contributed by atoms with Gasteiger partial charge < -0.3 is 18.8 Å². The van der Waals surface area contributed by atoms with E-state index in [0.29, 0.717) is 10.6 Å². The summed E-state index contributed by atoms with van der Waals surface area (Å²) >= 11 is 1.25. The number of rotatable bonds is 7. The van der Waals surface area contributed by atoms with E-state index in [9.17, 15) is 18.0 Å². The molecule has 36 heavy (non-hydrogen) atoms. The Labute approximate surface area is 220 Å². The third-order valence-corrected chi connectivity index (χ3v) is 13.3. The van der Waals surface area contributed by atoms with Gasteiger partial charge in [-0.2, -0.15) is 0 Å². The molecule has 1 aromatic rings. The van der Waals surface area contributed by atoms with Crippen molar-refractivity contribution in [2.24, 2.45) is 5.14 Å². The van der Waals surface area contributed by atoms with Crippen LogP contribution in [0.3, 0.4) is 0 Å². The first-order valence-electron chi connectivity index (χ1n) is 11.8. The van der Waals surface area contributed by atoms with Gasteiger partial charge in [-0.3, -0.25) is 0 Å². The van der Waals surface area contributed by atoms with Crippen LogP contribution in [-0.4, -0.2) is 70.3 Å². The predicted molar refractivity (Wildman–Crippen MR) is 143 cm³/mol. The van der Waals surface area contributed by atoms with Crippen molar-refractivity contribution in [2.75, 3.05) is 19.4 Å². The molecule has 0 bridgehead atoms. The Hall–Kier alpha value is -1.60. The van der Waals surface area contributed by atoms with Gasteiger partial charge in [-0.05, 0) is 51.0 Å². The third-order valence-electron chi connectivity index (χ3n) is 6.46. The van der Waals surface area contributed by atoms with Crippen LogP contribution < -0.4 is 5.14 Å². The third kappa shape index (κ3) is 7.24. The molecule has 12 heteroatoms. The van der Waals surface area contributed by atoms with E-state index in [0.717, 1.165) is 0 Å². The summed E-state index contributed by atoms with van der Waals surface area (Å²) < 4.78 is 41.6. The highest BCUT2D eigenvalue weighted by atomic mass is 32.2. The average Bonchev–Trinajstić information content (AvgIpc) is 3.08. The van der Waals surface area contributed by atoms with E-state index in [4.69, 9.17) is 19.0 Å². The molecule has 1 aromatic carbocycles. The van der Waals surface area contributed by atoms with Gasteiger partial charge in [0.1, 0.15) is 5.60 Å². The van der Waals surface area contributed by atoms with E-state index in [2.05, 4.69) is 20.8 Å². The van der Waals surface area contributed by atoms with Crippen molar-refractivity contribution in [3.8, 4) is 0 Å². The molecule has 0 spiro atoms. The summed E-state index contributed by atoms with van der Waals surface area (Å²) in [4.78, 5) is 28.4. The molecule has 0 aromatic heterocycles. The summed E-state index contributed by atoms with van der Waals surface area (Å²) in [5, 5.41) is 5.21. The SMILES string of the molecule is COC(=O)[C@@]1(O[Si](C)(C)C(C)(C)C)C[C@@H](CSc2ccccc2S(N)(=O)=O)N(C(=O)OC(C)(C)C)C1. The molecule has 1 aliphatic heterocycles. The molecule has 0 aliphatic carbocycles. The zero-order chi connectivity index (χ0) is 27.7. The van der Waals surface area contributed by atoms with Gasteiger partial charge >= 0.3 is 12.1 Å². The van der Waals surface area contributed by atoms with Crippen molar-refractivity contribution in [1.82, 2.24) is 4.90 Å². The van der Waals surface area contributed by atoms with Crippen LogP contribution in [0.2, 0.25) is 18.1 Å². The Bertz CT molecular complexity index is 1080. The minimum absolute atomic E-state index is 0.00793. The second kappa shape index (κ2) is 10.6. The van der Waals surface area contributed by atoms with Crippen molar-refractivity contribution in [1.29, 1.82) is 0 Å². The van der Waals surface area contributed by atoms with Gasteiger partial charge in [-0.1, -0.05) is 32.9 Å². The zero-order valence-electron chi connectivity index (χ0n) is 22.7. The number of primary sulfonamides is 1. The number of methoxy groups -OCH3 is 1. The minimum Gasteiger partial charge on any atom is -0.467 e. The fourth-order valence-corrected chi connectivity index (χ4v) is 7.44. The van der Waals surface area contributed by atoms with E-state index in [-0.39, 0.29) is 22.9 Å². The standard InChI is InChI=1S/C24H40N2O7S2Si/c1-22(2,3)32-21(28)26-16-24(20(27)31-7,33-36(8,9)23(4,5)6)14-17(26)15-34-18-12-10-11-13-19(18)35(25,29)30/h10-13,17H,14-16H2,1-9H3,(H2,25,29,30)/t17-,24+/m0/s1. The molecule has 0 radical (unpaired) electrons. The number of ether oxygens (including phenoxy) is 2. The fraction of sp³-hybridized carbons (Fsp3) is 0.667. The Kier molecular flexibility index (Phi) is 9.05. The number of carbonyl (C=O) groups excluding carboxylic acids is 2. The van der Waals surface area contributed by atoms with Crippen LogP contribution >= 0.6 is 11.8 Å². The first kappa shape index (κ1) is 30.6. The van der Waals surface area contributed by atoms with Crippen molar-refractivity contribution in [3.05, 3.63) is 24.3 Å². The Balaban J connectivity index is 2.47. The van der Waals surface area contributed by atoms with Crippen LogP contribution in [0.1, 0.15) is 48.0 Å². The lowest BCUT2D eigenvalue weighted by Gasteiger charge is -2.42. The molecule has 1 aliphatic rings. The van der Waals surface area contributed by atoms with Gasteiger partial charge in [-0.15, -0.1) is 11.8 Å². The van der Waals surface area contributed by atoms with Crippen molar-refractivity contribution in [2.45, 2.75) is 93.1 Å². The number of amides is 1. The number of nitrogens with zero attached hydrogens (tertiary/aromatic N) is 1. The first-order chi connectivity index (χ1) is 16.2. The summed E-state index contributed by atoms with van der Waals surface area (Å²) in [5.41, 5.74) is -2.11. The van der Waals surface area contributed by atoms with Gasteiger partial charge in [0.05, 0.1) is 18.6 Å². The normalized spacial score (nSPS) is 21.4. The highest BCUT2D eigenvalue weighted by Crippen LogP contribution is 2.44. The summed E-state index contributed by atoms with van der Waals surface area (Å²) in [6, 6.07) is 5.94. The monoisotopic (exact) mass is 560 g/mol. The fourth-order valence-electron chi connectivity index (χ4n) is 3.72. The van der Waals surface area contributed by atoms with Crippen LogP contribution in [-0.2, 0) is 28.7 Å². The molecule has 0 unspecified atom stereocenters. The van der Waals surface area contributed by atoms with Crippen LogP contribution in [0.4, 0.5) is 4.79 Å². The van der Waals surface area contributed by atoms with Crippen molar-refractivity contribution < 1.29 is 31.9 Å². The van der Waals surface area contributed by atoms with Crippen LogP contribution in [0.25, 0.3) is 0 Å². The second-order valence-electron chi connectivity index (χ2n) is 11.6. The molecule has 1 amide bonds. The van der Waals surface area contributed by atoms with E-state index in [1.54, 1.807) is 39.0 Å². The molecule has 9 nitrogen and oxygen atoms in total. The smallest absolute Gasteiger partial charge is 0.410 e. The number of benzene rings is 1. The highest BCUT2D eigenvalue weighted by Gasteiger charge is 2.57. The quantitative estimate of drug-likeness (QED) is 0.296. The maximum Gasteiger partial charge on any atom is 0.410 e. The molecular weight excluding hydrogens is 520 g/mol. The largest absolute Gasteiger partial charge is 0.467 e. The van der Waals surface area contributed by atoms with Crippen molar-refractivity contribution in [3.63, 3.8) is 0 Å². The van der Waals surface area contributed by atoms with Gasteiger partial charge in [0.15, 0.2) is 13.9 Å². The van der Waals surface area contributed by atoms with Crippen LogP contribution in [0.5, 0.6) is 0 Å². The lowest BCUT2D eigenvalue weighted by atomic mass is 10.0. The number of nitrogens with two attached hydrogens (primary N) is 1. The molecule has 2 atom stereocenters. The van der Waals surface area contributed by atoms with Gasteiger partial charge in [0.25, 0.3) is 0 Å². The topological polar surface area (TPSA) is 125 Å². The minimum atomic E-state index is -3.93. The van der Waals surface area contributed by atoms with E-state index < -0.39 is 47.6 Å². The maximum atomic E-state index is 13.3. The molecular formula is C24H40N2O7S2Si. The maximum absolute atomic E-state index is 13.3. The van der Waals surface area contributed by atoms with Crippen molar-refractivity contribution >= 4 is 42.2 Å². The number of carbonyl (C=O) groups is 2. The second-order valence-corrected chi connectivity index (χ2v) is 18.9.